The number of esters is 1. The minimum absolute atomic E-state index is 0.0201. The Labute approximate surface area is 161 Å². The number of carbonyl (C=O) groups is 1. The lowest BCUT2D eigenvalue weighted by Crippen LogP contribution is -2.66. The van der Waals surface area contributed by atoms with Crippen molar-refractivity contribution in [2.45, 2.75) is 83.5 Å². The fraction of sp³-hybridized carbons (Fsp3) is 0.857. The van der Waals surface area contributed by atoms with E-state index in [1.165, 1.54) is 7.11 Å². The Hall–Kier alpha value is -0.950. The summed E-state index contributed by atoms with van der Waals surface area (Å²) in [7, 11) is 1.50. The molecule has 27 heavy (non-hydrogen) atoms. The van der Waals surface area contributed by atoms with E-state index < -0.39 is 16.6 Å². The molecular weight excluding hydrogens is 348 g/mol. The van der Waals surface area contributed by atoms with Gasteiger partial charge in [-0.05, 0) is 75.9 Å². The van der Waals surface area contributed by atoms with Gasteiger partial charge in [0.1, 0.15) is 17.3 Å². The van der Waals surface area contributed by atoms with E-state index in [4.69, 9.17) is 19.4 Å². The highest BCUT2D eigenvalue weighted by atomic mass is 17.2. The third-order valence-corrected chi connectivity index (χ3v) is 8.28. The van der Waals surface area contributed by atoms with Crippen molar-refractivity contribution in [2.75, 3.05) is 7.11 Å². The Bertz CT molecular complexity index is 672. The van der Waals surface area contributed by atoms with Crippen molar-refractivity contribution >= 4 is 5.97 Å². The molecule has 1 N–H and O–H groups in total. The highest BCUT2D eigenvalue weighted by Crippen LogP contribution is 2.67. The van der Waals surface area contributed by atoms with Crippen LogP contribution in [0, 0.1) is 22.7 Å². The monoisotopic (exact) mass is 380 g/mol. The van der Waals surface area contributed by atoms with Crippen molar-refractivity contribution in [3.8, 4) is 0 Å². The molecule has 152 valence electrons. The molecule has 3 fully saturated rings. The van der Waals surface area contributed by atoms with Crippen LogP contribution in [0.15, 0.2) is 11.6 Å². The van der Waals surface area contributed by atoms with Crippen molar-refractivity contribution in [3.05, 3.63) is 11.6 Å². The number of carbonyl (C=O) groups excluding carboxylic acids is 1. The zero-order valence-electron chi connectivity index (χ0n) is 17.0. The summed E-state index contributed by atoms with van der Waals surface area (Å²) in [6.07, 6.45) is 7.39. The van der Waals surface area contributed by atoms with Gasteiger partial charge in [0.25, 0.3) is 0 Å². The van der Waals surface area contributed by atoms with E-state index in [9.17, 15) is 10.1 Å². The second-order valence-electron chi connectivity index (χ2n) is 9.97. The van der Waals surface area contributed by atoms with E-state index in [0.29, 0.717) is 0 Å². The predicted octanol–water partition coefficient (Wildman–Crippen LogP) is 4.05. The molecule has 2 bridgehead atoms. The number of hydrogen-bond donors (Lipinski definition) is 1. The average molecular weight is 380 g/mol. The summed E-state index contributed by atoms with van der Waals surface area (Å²) >= 11 is 0. The van der Waals surface area contributed by atoms with Crippen LogP contribution < -0.4 is 0 Å². The van der Waals surface area contributed by atoms with Crippen molar-refractivity contribution < 1.29 is 29.5 Å². The summed E-state index contributed by atoms with van der Waals surface area (Å²) in [5, 5.41) is 9.37. The van der Waals surface area contributed by atoms with Gasteiger partial charge >= 0.3 is 5.97 Å². The lowest BCUT2D eigenvalue weighted by molar-refractivity contribution is -0.438. The molecule has 5 rings (SSSR count). The minimum atomic E-state index is -0.808. The Morgan fingerprint density at radius 1 is 1.26 bits per heavy atom. The van der Waals surface area contributed by atoms with Crippen molar-refractivity contribution in [2.24, 2.45) is 22.7 Å². The smallest absolute Gasteiger partial charge is 0.311 e. The van der Waals surface area contributed by atoms with Gasteiger partial charge in [0.05, 0.1) is 12.5 Å². The van der Waals surface area contributed by atoms with Crippen LogP contribution in [-0.4, -0.2) is 35.6 Å². The number of rotatable bonds is 3. The van der Waals surface area contributed by atoms with E-state index in [0.717, 1.165) is 44.1 Å². The third kappa shape index (κ3) is 2.49. The normalized spacial score (nSPS) is 46.3. The Morgan fingerprint density at radius 2 is 2.00 bits per heavy atom. The van der Waals surface area contributed by atoms with Gasteiger partial charge in [0, 0.05) is 5.92 Å². The summed E-state index contributed by atoms with van der Waals surface area (Å²) < 4.78 is 5.21. The zero-order chi connectivity index (χ0) is 19.7. The van der Waals surface area contributed by atoms with Crippen LogP contribution in [0.5, 0.6) is 0 Å². The standard InChI is InChI=1S/C21H32O6/c1-18(2,26-23)13-12-21-10-7-15-19(3,16(21)11-14(13)25-27-21)8-6-9-20(15,4)17(22)24-5/h12,14-16,23H,6-11H2,1-5H3/t14-,15+,16+,19-,20-,21-/m0/s1. The van der Waals surface area contributed by atoms with Gasteiger partial charge in [-0.25, -0.2) is 14.7 Å². The van der Waals surface area contributed by atoms with Crippen molar-refractivity contribution in [1.82, 2.24) is 0 Å². The second kappa shape index (κ2) is 6.02. The quantitative estimate of drug-likeness (QED) is 0.345. The first-order chi connectivity index (χ1) is 12.6. The molecule has 1 saturated heterocycles. The van der Waals surface area contributed by atoms with Crippen molar-refractivity contribution in [1.29, 1.82) is 0 Å². The second-order valence-corrected chi connectivity index (χ2v) is 9.97. The lowest BCUT2D eigenvalue weighted by atomic mass is 9.43. The molecule has 3 aliphatic carbocycles. The fourth-order valence-corrected chi connectivity index (χ4v) is 6.87. The first-order valence-corrected chi connectivity index (χ1v) is 10.1. The van der Waals surface area contributed by atoms with E-state index in [-0.39, 0.29) is 29.3 Å². The van der Waals surface area contributed by atoms with Crippen LogP contribution in [0.3, 0.4) is 0 Å². The molecular formula is C21H32O6. The molecule has 0 unspecified atom stereocenters. The highest BCUT2D eigenvalue weighted by molar-refractivity contribution is 5.77. The van der Waals surface area contributed by atoms with Crippen LogP contribution in [0.25, 0.3) is 0 Å². The fourth-order valence-electron chi connectivity index (χ4n) is 6.87. The summed E-state index contributed by atoms with van der Waals surface area (Å²) in [5.41, 5.74) is -0.841. The molecule has 0 aromatic heterocycles. The van der Waals surface area contributed by atoms with Gasteiger partial charge < -0.3 is 4.74 Å². The molecule has 6 atom stereocenters. The SMILES string of the molecule is COC(=O)[C@@]1(C)CCC[C@]2(C)[C@H]3C[C@@H]4OO[C@]3(C=C4C(C)(C)OO)CC[C@H]21. The van der Waals surface area contributed by atoms with Crippen LogP contribution in [0.4, 0.5) is 0 Å². The summed E-state index contributed by atoms with van der Waals surface area (Å²) in [4.78, 5) is 29.2. The largest absolute Gasteiger partial charge is 0.469 e. The van der Waals surface area contributed by atoms with Gasteiger partial charge in [0.2, 0.25) is 0 Å². The molecule has 2 aliphatic heterocycles. The number of fused-ring (bicyclic) bond motifs is 2. The van der Waals surface area contributed by atoms with Crippen molar-refractivity contribution in [3.63, 3.8) is 0 Å². The molecule has 0 aromatic rings. The Balaban J connectivity index is 1.74. The van der Waals surface area contributed by atoms with Gasteiger partial charge in [-0.3, -0.25) is 10.1 Å². The summed E-state index contributed by atoms with van der Waals surface area (Å²) in [6, 6.07) is 0. The third-order valence-electron chi connectivity index (χ3n) is 8.28. The number of ether oxygens (including phenoxy) is 1. The van der Waals surface area contributed by atoms with Crippen LogP contribution >= 0.6 is 0 Å². The molecule has 0 aromatic carbocycles. The van der Waals surface area contributed by atoms with Gasteiger partial charge in [-0.1, -0.05) is 13.3 Å². The molecule has 2 heterocycles. The topological polar surface area (TPSA) is 74.2 Å². The molecule has 5 aliphatic rings. The van der Waals surface area contributed by atoms with Crippen LogP contribution in [0.2, 0.25) is 0 Å². The molecule has 2 saturated carbocycles. The molecule has 6 nitrogen and oxygen atoms in total. The average Bonchev–Trinajstić information content (AvgIpc) is 2.66. The number of methoxy groups -OCH3 is 1. The maximum absolute atomic E-state index is 12.7. The maximum atomic E-state index is 12.7. The Morgan fingerprint density at radius 3 is 2.67 bits per heavy atom. The van der Waals surface area contributed by atoms with E-state index in [1.807, 2.05) is 13.8 Å². The predicted molar refractivity (Wildman–Crippen MR) is 97.5 cm³/mol. The van der Waals surface area contributed by atoms with Crippen LogP contribution in [0.1, 0.15) is 66.2 Å². The minimum Gasteiger partial charge on any atom is -0.469 e. The van der Waals surface area contributed by atoms with Gasteiger partial charge in [0.15, 0.2) is 0 Å². The van der Waals surface area contributed by atoms with Gasteiger partial charge in [-0.2, -0.15) is 0 Å². The first kappa shape index (κ1) is 19.4. The summed E-state index contributed by atoms with van der Waals surface area (Å²) in [6.45, 7) is 8.10. The molecule has 0 amide bonds. The molecule has 0 radical (unpaired) electrons. The highest BCUT2D eigenvalue weighted by Gasteiger charge is 2.67. The Kier molecular flexibility index (Phi) is 4.32. The van der Waals surface area contributed by atoms with E-state index in [2.05, 4.69) is 19.9 Å². The zero-order valence-corrected chi connectivity index (χ0v) is 17.0. The van der Waals surface area contributed by atoms with E-state index >= 15 is 0 Å². The number of hydrogen-bond acceptors (Lipinski definition) is 6. The molecule has 6 heteroatoms. The summed E-state index contributed by atoms with van der Waals surface area (Å²) in [5.74, 6) is 0.451. The maximum Gasteiger partial charge on any atom is 0.311 e. The lowest BCUT2D eigenvalue weighted by Gasteiger charge is -2.65. The van der Waals surface area contributed by atoms with Gasteiger partial charge in [-0.15, -0.1) is 0 Å². The first-order valence-electron chi connectivity index (χ1n) is 10.1. The van der Waals surface area contributed by atoms with Crippen LogP contribution in [-0.2, 0) is 24.2 Å². The molecule has 1 spiro atoms. The van der Waals surface area contributed by atoms with E-state index in [1.54, 1.807) is 0 Å².